The van der Waals surface area contributed by atoms with Crippen molar-refractivity contribution in [1.29, 1.82) is 0 Å². The zero-order chi connectivity index (χ0) is 15.9. The number of hydrogen-bond acceptors (Lipinski definition) is 5. The normalized spacial score (nSPS) is 11.7. The SMILES string of the molecule is CCNC(=NCc1csc(CC)n1)NCc1nc(C)c(C)s1. The Bertz CT molecular complexity index is 610. The smallest absolute Gasteiger partial charge is 0.191 e. The molecule has 0 aliphatic rings. The molecule has 120 valence electrons. The van der Waals surface area contributed by atoms with Gasteiger partial charge in [-0.15, -0.1) is 22.7 Å². The molecule has 2 rings (SSSR count). The van der Waals surface area contributed by atoms with Crippen LogP contribution in [0.25, 0.3) is 0 Å². The second kappa shape index (κ2) is 8.24. The van der Waals surface area contributed by atoms with E-state index in [2.05, 4.69) is 51.7 Å². The molecule has 2 aromatic heterocycles. The quantitative estimate of drug-likeness (QED) is 0.628. The molecule has 0 aromatic carbocycles. The second-order valence-electron chi connectivity index (χ2n) is 4.88. The molecule has 0 fully saturated rings. The minimum atomic E-state index is 0.599. The molecule has 2 heterocycles. The van der Waals surface area contributed by atoms with E-state index in [4.69, 9.17) is 0 Å². The average molecular weight is 338 g/mol. The van der Waals surface area contributed by atoms with Crippen LogP contribution in [0, 0.1) is 13.8 Å². The van der Waals surface area contributed by atoms with Crippen LogP contribution in [0.2, 0.25) is 0 Å². The number of nitrogens with zero attached hydrogens (tertiary/aromatic N) is 3. The van der Waals surface area contributed by atoms with Crippen molar-refractivity contribution < 1.29 is 0 Å². The van der Waals surface area contributed by atoms with Gasteiger partial charge in [-0.05, 0) is 27.2 Å². The van der Waals surface area contributed by atoms with E-state index in [1.807, 2.05) is 6.92 Å². The Balaban J connectivity index is 1.94. The monoisotopic (exact) mass is 337 g/mol. The lowest BCUT2D eigenvalue weighted by atomic mass is 10.4. The summed E-state index contributed by atoms with van der Waals surface area (Å²) >= 11 is 3.43. The molecule has 22 heavy (non-hydrogen) atoms. The van der Waals surface area contributed by atoms with Crippen molar-refractivity contribution in [2.75, 3.05) is 6.54 Å². The first-order chi connectivity index (χ1) is 10.6. The summed E-state index contributed by atoms with van der Waals surface area (Å²) in [5, 5.41) is 10.9. The van der Waals surface area contributed by atoms with Gasteiger partial charge in [-0.3, -0.25) is 0 Å². The van der Waals surface area contributed by atoms with Crippen LogP contribution in [-0.2, 0) is 19.5 Å². The van der Waals surface area contributed by atoms with Gasteiger partial charge in [0, 0.05) is 16.8 Å². The number of aryl methyl sites for hydroxylation is 3. The molecule has 0 amide bonds. The summed E-state index contributed by atoms with van der Waals surface area (Å²) in [5.41, 5.74) is 2.14. The first-order valence-corrected chi connectivity index (χ1v) is 9.20. The molecular formula is C15H23N5S2. The third kappa shape index (κ3) is 4.78. The number of aliphatic imine (C=N–C) groups is 1. The molecule has 0 saturated heterocycles. The van der Waals surface area contributed by atoms with Gasteiger partial charge in [0.15, 0.2) is 5.96 Å². The van der Waals surface area contributed by atoms with Gasteiger partial charge < -0.3 is 10.6 Å². The number of aromatic nitrogens is 2. The summed E-state index contributed by atoms with van der Waals surface area (Å²) < 4.78 is 0. The van der Waals surface area contributed by atoms with E-state index in [1.54, 1.807) is 22.7 Å². The van der Waals surface area contributed by atoms with Crippen LogP contribution in [0.4, 0.5) is 0 Å². The standard InChI is InChI=1S/C15H23N5S2/c1-5-13-20-12(9-21-13)7-17-15(16-6-2)18-8-14-19-10(3)11(4)22-14/h9H,5-8H2,1-4H3,(H2,16,17,18). The lowest BCUT2D eigenvalue weighted by molar-refractivity contribution is 0.806. The highest BCUT2D eigenvalue weighted by molar-refractivity contribution is 7.11. The maximum atomic E-state index is 4.59. The molecular weight excluding hydrogens is 314 g/mol. The number of nitrogens with one attached hydrogen (secondary N) is 2. The van der Waals surface area contributed by atoms with Gasteiger partial charge >= 0.3 is 0 Å². The highest BCUT2D eigenvalue weighted by atomic mass is 32.1. The Morgan fingerprint density at radius 1 is 1.18 bits per heavy atom. The van der Waals surface area contributed by atoms with Crippen molar-refractivity contribution in [3.63, 3.8) is 0 Å². The van der Waals surface area contributed by atoms with Gasteiger partial charge in [0.05, 0.1) is 29.5 Å². The van der Waals surface area contributed by atoms with E-state index in [1.165, 1.54) is 4.88 Å². The van der Waals surface area contributed by atoms with E-state index < -0.39 is 0 Å². The first-order valence-electron chi connectivity index (χ1n) is 7.50. The lowest BCUT2D eigenvalue weighted by Gasteiger charge is -2.09. The van der Waals surface area contributed by atoms with Crippen LogP contribution in [0.5, 0.6) is 0 Å². The Hall–Kier alpha value is -1.47. The number of hydrogen-bond donors (Lipinski definition) is 2. The predicted octanol–water partition coefficient (Wildman–Crippen LogP) is 3.03. The molecule has 5 nitrogen and oxygen atoms in total. The molecule has 0 atom stereocenters. The molecule has 0 saturated carbocycles. The van der Waals surface area contributed by atoms with Gasteiger partial charge in [-0.1, -0.05) is 6.92 Å². The highest BCUT2D eigenvalue weighted by Gasteiger charge is 2.05. The molecule has 0 bridgehead atoms. The second-order valence-corrected chi connectivity index (χ2v) is 7.11. The van der Waals surface area contributed by atoms with Gasteiger partial charge in [0.2, 0.25) is 0 Å². The van der Waals surface area contributed by atoms with Crippen LogP contribution in [0.15, 0.2) is 10.4 Å². The van der Waals surface area contributed by atoms with E-state index in [0.717, 1.165) is 40.3 Å². The molecule has 2 N–H and O–H groups in total. The van der Waals surface area contributed by atoms with Crippen LogP contribution < -0.4 is 10.6 Å². The first kappa shape index (κ1) is 16.9. The van der Waals surface area contributed by atoms with Crippen LogP contribution >= 0.6 is 22.7 Å². The molecule has 0 unspecified atom stereocenters. The summed E-state index contributed by atoms with van der Waals surface area (Å²) in [6.45, 7) is 10.5. The Morgan fingerprint density at radius 3 is 2.59 bits per heavy atom. The zero-order valence-electron chi connectivity index (χ0n) is 13.6. The molecule has 0 aliphatic carbocycles. The third-order valence-corrected chi connectivity index (χ3v) is 5.24. The Labute approximate surface area is 139 Å². The van der Waals surface area contributed by atoms with Gasteiger partial charge in [0.1, 0.15) is 5.01 Å². The van der Waals surface area contributed by atoms with E-state index >= 15 is 0 Å². The molecule has 0 radical (unpaired) electrons. The number of rotatable bonds is 6. The fraction of sp³-hybridized carbons (Fsp3) is 0.533. The predicted molar refractivity (Wildman–Crippen MR) is 94.7 cm³/mol. The fourth-order valence-corrected chi connectivity index (χ4v) is 3.47. The minimum Gasteiger partial charge on any atom is -0.357 e. The number of guanidine groups is 1. The summed E-state index contributed by atoms with van der Waals surface area (Å²) in [6, 6.07) is 0. The third-order valence-electron chi connectivity index (χ3n) is 3.13. The summed E-state index contributed by atoms with van der Waals surface area (Å²) in [5.74, 6) is 0.805. The topological polar surface area (TPSA) is 62.2 Å². The van der Waals surface area contributed by atoms with E-state index in [9.17, 15) is 0 Å². The molecule has 2 aromatic rings. The highest BCUT2D eigenvalue weighted by Crippen LogP contribution is 2.16. The van der Waals surface area contributed by atoms with Crippen molar-refractivity contribution >= 4 is 28.6 Å². The minimum absolute atomic E-state index is 0.599. The van der Waals surface area contributed by atoms with Crippen LogP contribution in [0.1, 0.15) is 40.1 Å². The van der Waals surface area contributed by atoms with Crippen molar-refractivity contribution in [1.82, 2.24) is 20.6 Å². The molecule has 0 aliphatic heterocycles. The van der Waals surface area contributed by atoms with Crippen molar-refractivity contribution in [3.05, 3.63) is 31.7 Å². The zero-order valence-corrected chi connectivity index (χ0v) is 15.2. The maximum Gasteiger partial charge on any atom is 0.191 e. The summed E-state index contributed by atoms with van der Waals surface area (Å²) in [6.07, 6.45) is 0.982. The Kier molecular flexibility index (Phi) is 6.33. The van der Waals surface area contributed by atoms with Crippen molar-refractivity contribution in [2.45, 2.75) is 47.2 Å². The van der Waals surface area contributed by atoms with Gasteiger partial charge in [-0.2, -0.15) is 0 Å². The van der Waals surface area contributed by atoms with Crippen molar-refractivity contribution in [3.8, 4) is 0 Å². The molecule has 7 heteroatoms. The van der Waals surface area contributed by atoms with Crippen LogP contribution in [-0.4, -0.2) is 22.5 Å². The fourth-order valence-electron chi connectivity index (χ4n) is 1.86. The molecule has 0 spiro atoms. The number of thiazole rings is 2. The van der Waals surface area contributed by atoms with Gasteiger partial charge in [-0.25, -0.2) is 15.0 Å². The Morgan fingerprint density at radius 2 is 2.00 bits per heavy atom. The van der Waals surface area contributed by atoms with E-state index in [-0.39, 0.29) is 0 Å². The average Bonchev–Trinajstić information content (AvgIpc) is 3.09. The summed E-state index contributed by atoms with van der Waals surface area (Å²) in [7, 11) is 0. The van der Waals surface area contributed by atoms with E-state index in [0.29, 0.717) is 13.1 Å². The van der Waals surface area contributed by atoms with Crippen LogP contribution in [0.3, 0.4) is 0 Å². The largest absolute Gasteiger partial charge is 0.357 e. The van der Waals surface area contributed by atoms with Gasteiger partial charge in [0.25, 0.3) is 0 Å². The maximum absolute atomic E-state index is 4.59. The lowest BCUT2D eigenvalue weighted by Crippen LogP contribution is -2.36. The van der Waals surface area contributed by atoms with Crippen molar-refractivity contribution in [2.24, 2.45) is 4.99 Å². The summed E-state index contributed by atoms with van der Waals surface area (Å²) in [4.78, 5) is 14.9.